The molecule has 2 fully saturated rings. The maximum Gasteiger partial charge on any atom is 0.0543 e. The van der Waals surface area contributed by atoms with Crippen molar-refractivity contribution in [3.05, 3.63) is 59.9 Å². The van der Waals surface area contributed by atoms with Crippen LogP contribution in [-0.2, 0) is 6.54 Å². The Hall–Kier alpha value is -1.95. The van der Waals surface area contributed by atoms with Crippen molar-refractivity contribution in [2.45, 2.75) is 38.9 Å². The van der Waals surface area contributed by atoms with Crippen molar-refractivity contribution < 1.29 is 0 Å². The molecule has 156 valence electrons. The number of nitrogens with one attached hydrogen (secondary N) is 1. The Kier molecular flexibility index (Phi) is 6.80. The number of pyridine rings is 1. The van der Waals surface area contributed by atoms with Crippen LogP contribution in [0.4, 0.5) is 5.69 Å². The molecule has 2 saturated heterocycles. The summed E-state index contributed by atoms with van der Waals surface area (Å²) >= 11 is 0. The number of hydrogen-bond donors (Lipinski definition) is 1. The zero-order chi connectivity index (χ0) is 20.1. The summed E-state index contributed by atoms with van der Waals surface area (Å²) in [6.45, 7) is 13.3. The van der Waals surface area contributed by atoms with Crippen LogP contribution in [0.25, 0.3) is 0 Å². The molecule has 3 heterocycles. The molecule has 0 saturated carbocycles. The molecule has 29 heavy (non-hydrogen) atoms. The maximum atomic E-state index is 4.49. The van der Waals surface area contributed by atoms with Crippen LogP contribution in [0.1, 0.15) is 24.6 Å². The summed E-state index contributed by atoms with van der Waals surface area (Å²) in [7, 11) is 0. The third-order valence-electron chi connectivity index (χ3n) is 6.47. The van der Waals surface area contributed by atoms with E-state index in [0.717, 1.165) is 52.4 Å². The smallest absolute Gasteiger partial charge is 0.0543 e. The van der Waals surface area contributed by atoms with E-state index in [1.807, 2.05) is 12.3 Å². The molecule has 1 aromatic carbocycles. The second-order valence-electron chi connectivity index (χ2n) is 8.45. The zero-order valence-corrected chi connectivity index (χ0v) is 17.9. The van der Waals surface area contributed by atoms with Gasteiger partial charge in [-0.1, -0.05) is 30.7 Å². The van der Waals surface area contributed by atoms with E-state index in [0.29, 0.717) is 12.1 Å². The molecule has 0 radical (unpaired) electrons. The highest BCUT2D eigenvalue weighted by molar-refractivity contribution is 5.48. The third-order valence-corrected chi connectivity index (χ3v) is 6.47. The SMILES string of the molecule is CCC(C1CN(c2ccc(C)cc2)CCN1)N1CCN(Cc2ccccn2)CC1. The summed E-state index contributed by atoms with van der Waals surface area (Å²) in [5.74, 6) is 0. The molecule has 2 atom stereocenters. The van der Waals surface area contributed by atoms with Crippen LogP contribution in [0.3, 0.4) is 0 Å². The van der Waals surface area contributed by atoms with E-state index in [-0.39, 0.29) is 0 Å². The van der Waals surface area contributed by atoms with E-state index < -0.39 is 0 Å². The predicted octanol–water partition coefficient (Wildman–Crippen LogP) is 2.76. The number of anilines is 1. The van der Waals surface area contributed by atoms with Gasteiger partial charge in [0.1, 0.15) is 0 Å². The molecule has 0 aliphatic carbocycles. The lowest BCUT2D eigenvalue weighted by atomic mass is 9.99. The fourth-order valence-corrected chi connectivity index (χ4v) is 4.80. The standard InChI is InChI=1S/C24H35N5/c1-3-24(23-19-29(13-12-26-23)22-9-7-20(2)8-10-22)28-16-14-27(15-17-28)18-21-6-4-5-11-25-21/h4-11,23-24,26H,3,12-19H2,1-2H3. The number of rotatable bonds is 6. The van der Waals surface area contributed by atoms with Crippen molar-refractivity contribution in [1.29, 1.82) is 0 Å². The predicted molar refractivity (Wildman–Crippen MR) is 120 cm³/mol. The monoisotopic (exact) mass is 393 g/mol. The first-order chi connectivity index (χ1) is 14.2. The van der Waals surface area contributed by atoms with E-state index in [1.165, 1.54) is 23.4 Å². The topological polar surface area (TPSA) is 34.6 Å². The first kappa shape index (κ1) is 20.3. The van der Waals surface area contributed by atoms with Crippen LogP contribution < -0.4 is 10.2 Å². The minimum Gasteiger partial charge on any atom is -0.369 e. The van der Waals surface area contributed by atoms with E-state index in [1.54, 1.807) is 0 Å². The average Bonchev–Trinajstić information content (AvgIpc) is 2.77. The summed E-state index contributed by atoms with van der Waals surface area (Å²) in [5.41, 5.74) is 3.86. The number of benzene rings is 1. The highest BCUT2D eigenvalue weighted by Gasteiger charge is 2.32. The third kappa shape index (κ3) is 5.16. The van der Waals surface area contributed by atoms with Crippen LogP contribution in [0.2, 0.25) is 0 Å². The summed E-state index contributed by atoms with van der Waals surface area (Å²) in [5, 5.41) is 3.82. The molecular weight excluding hydrogens is 358 g/mol. The van der Waals surface area contributed by atoms with E-state index in [4.69, 9.17) is 0 Å². The van der Waals surface area contributed by atoms with Crippen molar-refractivity contribution in [3.63, 3.8) is 0 Å². The summed E-state index contributed by atoms with van der Waals surface area (Å²) < 4.78 is 0. The van der Waals surface area contributed by atoms with Crippen LogP contribution in [0.5, 0.6) is 0 Å². The number of aryl methyl sites for hydroxylation is 1. The zero-order valence-electron chi connectivity index (χ0n) is 17.9. The summed E-state index contributed by atoms with van der Waals surface area (Å²) in [6.07, 6.45) is 3.09. The van der Waals surface area contributed by atoms with Crippen LogP contribution in [0, 0.1) is 6.92 Å². The molecule has 2 aromatic rings. The van der Waals surface area contributed by atoms with Crippen LogP contribution in [0.15, 0.2) is 48.7 Å². The fraction of sp³-hybridized carbons (Fsp3) is 0.542. The van der Waals surface area contributed by atoms with Crippen molar-refractivity contribution in [1.82, 2.24) is 20.1 Å². The lowest BCUT2D eigenvalue weighted by Crippen LogP contribution is -2.62. The Morgan fingerprint density at radius 2 is 1.83 bits per heavy atom. The fourth-order valence-electron chi connectivity index (χ4n) is 4.80. The molecule has 1 N–H and O–H groups in total. The first-order valence-electron chi connectivity index (χ1n) is 11.1. The summed E-state index contributed by atoms with van der Waals surface area (Å²) in [6, 6.07) is 16.3. The molecule has 2 aliphatic heterocycles. The van der Waals surface area contributed by atoms with Gasteiger partial charge in [0.2, 0.25) is 0 Å². The van der Waals surface area contributed by atoms with Gasteiger partial charge in [-0.15, -0.1) is 0 Å². The second kappa shape index (κ2) is 9.70. The quantitative estimate of drug-likeness (QED) is 0.816. The number of aromatic nitrogens is 1. The van der Waals surface area contributed by atoms with Crippen molar-refractivity contribution in [2.75, 3.05) is 50.7 Å². The minimum absolute atomic E-state index is 0.525. The number of nitrogens with zero attached hydrogens (tertiary/aromatic N) is 4. The Balaban J connectivity index is 1.33. The van der Waals surface area contributed by atoms with Gasteiger partial charge < -0.3 is 10.2 Å². The second-order valence-corrected chi connectivity index (χ2v) is 8.45. The lowest BCUT2D eigenvalue weighted by molar-refractivity contribution is 0.0710. The average molecular weight is 394 g/mol. The van der Waals surface area contributed by atoms with Gasteiger partial charge in [-0.25, -0.2) is 0 Å². The van der Waals surface area contributed by atoms with Gasteiger partial charge in [0.25, 0.3) is 0 Å². The van der Waals surface area contributed by atoms with Gasteiger partial charge in [0.05, 0.1) is 5.69 Å². The van der Waals surface area contributed by atoms with Crippen molar-refractivity contribution in [3.8, 4) is 0 Å². The molecule has 0 bridgehead atoms. The van der Waals surface area contributed by atoms with Gasteiger partial charge >= 0.3 is 0 Å². The lowest BCUT2D eigenvalue weighted by Gasteiger charge is -2.45. The van der Waals surface area contributed by atoms with E-state index in [9.17, 15) is 0 Å². The number of piperazine rings is 2. The Morgan fingerprint density at radius 3 is 2.52 bits per heavy atom. The Labute approximate surface area is 175 Å². The molecule has 5 heteroatoms. The molecule has 0 spiro atoms. The highest BCUT2D eigenvalue weighted by atomic mass is 15.3. The molecule has 0 amide bonds. The molecule has 5 nitrogen and oxygen atoms in total. The highest BCUT2D eigenvalue weighted by Crippen LogP contribution is 2.21. The van der Waals surface area contributed by atoms with Crippen LogP contribution in [-0.4, -0.2) is 72.7 Å². The number of hydrogen-bond acceptors (Lipinski definition) is 5. The summed E-state index contributed by atoms with van der Waals surface area (Å²) in [4.78, 5) is 12.3. The van der Waals surface area contributed by atoms with E-state index in [2.05, 4.69) is 75.2 Å². The first-order valence-corrected chi connectivity index (χ1v) is 11.1. The van der Waals surface area contributed by atoms with Crippen LogP contribution >= 0.6 is 0 Å². The minimum atomic E-state index is 0.525. The largest absolute Gasteiger partial charge is 0.369 e. The van der Waals surface area contributed by atoms with E-state index >= 15 is 0 Å². The molecule has 1 aromatic heterocycles. The molecule has 4 rings (SSSR count). The van der Waals surface area contributed by atoms with Crippen molar-refractivity contribution >= 4 is 5.69 Å². The Morgan fingerprint density at radius 1 is 1.03 bits per heavy atom. The normalized spacial score (nSPS) is 22.6. The van der Waals surface area contributed by atoms with Gasteiger partial charge in [0, 0.05) is 76.3 Å². The van der Waals surface area contributed by atoms with Crippen molar-refractivity contribution in [2.24, 2.45) is 0 Å². The Bertz CT molecular complexity index is 740. The molecular formula is C24H35N5. The maximum absolute atomic E-state index is 4.49. The molecule has 2 aliphatic rings. The van der Waals surface area contributed by atoms with Gasteiger partial charge in [-0.05, 0) is 37.6 Å². The van der Waals surface area contributed by atoms with Gasteiger partial charge in [0.15, 0.2) is 0 Å². The van der Waals surface area contributed by atoms with Gasteiger partial charge in [-0.3, -0.25) is 14.8 Å². The molecule has 2 unspecified atom stereocenters. The van der Waals surface area contributed by atoms with Gasteiger partial charge in [-0.2, -0.15) is 0 Å².